The summed E-state index contributed by atoms with van der Waals surface area (Å²) in [6.45, 7) is 3.75. The van der Waals surface area contributed by atoms with Crippen molar-refractivity contribution in [1.29, 1.82) is 0 Å². The van der Waals surface area contributed by atoms with E-state index in [0.29, 0.717) is 0 Å². The Labute approximate surface area is 178 Å². The first-order valence-corrected chi connectivity index (χ1v) is 11.3. The number of amides is 1. The first-order valence-electron chi connectivity index (χ1n) is 8.92. The number of para-hydroxylation sites is 1. The third-order valence-corrected chi connectivity index (χ3v) is 6.10. The Morgan fingerprint density at radius 2 is 1.80 bits per heavy atom. The van der Waals surface area contributed by atoms with Crippen molar-refractivity contribution < 1.29 is 22.7 Å². The number of nitrogens with one attached hydrogen (secondary N) is 2. The minimum atomic E-state index is -3.88. The maximum absolute atomic E-state index is 12.7. The molecule has 10 heteroatoms. The Balaban J connectivity index is 1.80. The molecule has 156 valence electrons. The molecule has 30 heavy (non-hydrogen) atoms. The maximum Gasteiger partial charge on any atom is 0.357 e. The lowest BCUT2D eigenvalue weighted by atomic mass is 10.2. The second-order valence-corrected chi connectivity index (χ2v) is 8.72. The highest BCUT2D eigenvalue weighted by Crippen LogP contribution is 2.23. The van der Waals surface area contributed by atoms with Crippen molar-refractivity contribution in [3.8, 4) is 0 Å². The Hall–Kier alpha value is -3.24. The SMILES string of the molecule is CCOC(=O)c1csc(NC(=O)c2ccccc2NS(=O)(=O)c2ccc(C)cc2)n1. The van der Waals surface area contributed by atoms with Crippen molar-refractivity contribution in [2.24, 2.45) is 0 Å². The number of rotatable bonds is 7. The summed E-state index contributed by atoms with van der Waals surface area (Å²) in [5.74, 6) is -1.15. The fourth-order valence-electron chi connectivity index (χ4n) is 2.49. The number of hydrogen-bond acceptors (Lipinski definition) is 7. The van der Waals surface area contributed by atoms with Crippen LogP contribution in [0.2, 0.25) is 0 Å². The largest absolute Gasteiger partial charge is 0.461 e. The molecular formula is C20H19N3O5S2. The normalized spacial score (nSPS) is 11.0. The second-order valence-electron chi connectivity index (χ2n) is 6.18. The molecule has 1 aromatic heterocycles. The molecule has 0 fully saturated rings. The Morgan fingerprint density at radius 3 is 2.50 bits per heavy atom. The van der Waals surface area contributed by atoms with Gasteiger partial charge in [-0.2, -0.15) is 0 Å². The van der Waals surface area contributed by atoms with Gasteiger partial charge in [-0.15, -0.1) is 11.3 Å². The number of carbonyl (C=O) groups excluding carboxylic acids is 2. The first kappa shape index (κ1) is 21.5. The molecule has 0 aliphatic rings. The average molecular weight is 446 g/mol. The summed E-state index contributed by atoms with van der Waals surface area (Å²) >= 11 is 1.06. The van der Waals surface area contributed by atoms with Gasteiger partial charge in [0.1, 0.15) is 0 Å². The highest BCUT2D eigenvalue weighted by Gasteiger charge is 2.20. The molecule has 1 amide bonds. The molecule has 1 heterocycles. The number of nitrogens with zero attached hydrogens (tertiary/aromatic N) is 1. The van der Waals surface area contributed by atoms with Crippen molar-refractivity contribution in [3.05, 3.63) is 70.7 Å². The number of anilines is 2. The fraction of sp³-hybridized carbons (Fsp3) is 0.150. The van der Waals surface area contributed by atoms with E-state index >= 15 is 0 Å². The second kappa shape index (κ2) is 9.06. The number of esters is 1. The van der Waals surface area contributed by atoms with E-state index in [0.717, 1.165) is 16.9 Å². The number of benzene rings is 2. The highest BCUT2D eigenvalue weighted by molar-refractivity contribution is 7.92. The van der Waals surface area contributed by atoms with Gasteiger partial charge in [0.05, 0.1) is 22.8 Å². The maximum atomic E-state index is 12.7. The van der Waals surface area contributed by atoms with Gasteiger partial charge in [-0.1, -0.05) is 29.8 Å². The van der Waals surface area contributed by atoms with Crippen molar-refractivity contribution in [3.63, 3.8) is 0 Å². The van der Waals surface area contributed by atoms with Gasteiger partial charge < -0.3 is 4.74 Å². The van der Waals surface area contributed by atoms with Gasteiger partial charge in [0.2, 0.25) is 0 Å². The van der Waals surface area contributed by atoms with Crippen LogP contribution in [-0.2, 0) is 14.8 Å². The molecule has 0 saturated heterocycles. The third-order valence-electron chi connectivity index (χ3n) is 3.96. The van der Waals surface area contributed by atoms with Crippen LogP contribution in [0.25, 0.3) is 0 Å². The first-order chi connectivity index (χ1) is 14.3. The molecule has 2 N–H and O–H groups in total. The summed E-state index contributed by atoms with van der Waals surface area (Å²) in [4.78, 5) is 28.5. The Bertz CT molecular complexity index is 1170. The van der Waals surface area contributed by atoms with Crippen molar-refractivity contribution >= 4 is 44.1 Å². The zero-order valence-electron chi connectivity index (χ0n) is 16.2. The quantitative estimate of drug-likeness (QED) is 0.536. The van der Waals surface area contributed by atoms with Crippen LogP contribution in [0.1, 0.15) is 33.3 Å². The monoisotopic (exact) mass is 445 g/mol. The van der Waals surface area contributed by atoms with Crippen LogP contribution in [0.15, 0.2) is 58.8 Å². The number of aryl methyl sites for hydroxylation is 1. The average Bonchev–Trinajstić information content (AvgIpc) is 3.17. The van der Waals surface area contributed by atoms with Crippen molar-refractivity contribution in [1.82, 2.24) is 4.98 Å². The smallest absolute Gasteiger partial charge is 0.357 e. The number of carbonyl (C=O) groups is 2. The van der Waals surface area contributed by atoms with E-state index in [2.05, 4.69) is 15.0 Å². The fourth-order valence-corrected chi connectivity index (χ4v) is 4.24. The van der Waals surface area contributed by atoms with E-state index < -0.39 is 21.9 Å². The molecule has 3 aromatic rings. The van der Waals surface area contributed by atoms with Crippen LogP contribution in [0.3, 0.4) is 0 Å². The minimum absolute atomic E-state index is 0.0855. The standard InChI is InChI=1S/C20H19N3O5S2/c1-3-28-19(25)17-12-29-20(21-17)22-18(24)15-6-4-5-7-16(15)23-30(26,27)14-10-8-13(2)9-11-14/h4-12,23H,3H2,1-2H3,(H,21,22,24). The van der Waals surface area contributed by atoms with Gasteiger partial charge in [-0.25, -0.2) is 18.2 Å². The Morgan fingerprint density at radius 1 is 1.10 bits per heavy atom. The van der Waals surface area contributed by atoms with E-state index in [9.17, 15) is 18.0 Å². The van der Waals surface area contributed by atoms with E-state index in [-0.39, 0.29) is 33.6 Å². The highest BCUT2D eigenvalue weighted by atomic mass is 32.2. The van der Waals surface area contributed by atoms with Gasteiger partial charge in [0.15, 0.2) is 10.8 Å². The topological polar surface area (TPSA) is 114 Å². The molecule has 0 aliphatic heterocycles. The number of ether oxygens (including phenoxy) is 1. The molecule has 3 rings (SSSR count). The third kappa shape index (κ3) is 5.02. The molecular weight excluding hydrogens is 426 g/mol. The number of aromatic nitrogens is 1. The summed E-state index contributed by atoms with van der Waals surface area (Å²) in [6.07, 6.45) is 0. The summed E-state index contributed by atoms with van der Waals surface area (Å²) < 4.78 is 32.7. The summed E-state index contributed by atoms with van der Waals surface area (Å²) in [5, 5.41) is 4.24. The minimum Gasteiger partial charge on any atom is -0.461 e. The molecule has 0 unspecified atom stereocenters. The zero-order chi connectivity index (χ0) is 21.7. The van der Waals surface area contributed by atoms with Crippen LogP contribution in [0.4, 0.5) is 10.8 Å². The molecule has 0 saturated carbocycles. The van der Waals surface area contributed by atoms with Crippen LogP contribution in [0.5, 0.6) is 0 Å². The van der Waals surface area contributed by atoms with Gasteiger partial charge in [-0.3, -0.25) is 14.8 Å². The summed E-state index contributed by atoms with van der Waals surface area (Å²) in [7, 11) is -3.88. The van der Waals surface area contributed by atoms with Crippen molar-refractivity contribution in [2.75, 3.05) is 16.6 Å². The van der Waals surface area contributed by atoms with Gasteiger partial charge in [-0.05, 0) is 38.1 Å². The van der Waals surface area contributed by atoms with E-state index in [1.807, 2.05) is 6.92 Å². The predicted molar refractivity (Wildman–Crippen MR) is 114 cm³/mol. The molecule has 2 aromatic carbocycles. The lowest BCUT2D eigenvalue weighted by Crippen LogP contribution is -2.18. The van der Waals surface area contributed by atoms with Gasteiger partial charge in [0, 0.05) is 5.38 Å². The predicted octanol–water partition coefficient (Wildman–Crippen LogP) is 3.68. The van der Waals surface area contributed by atoms with E-state index in [1.165, 1.54) is 29.6 Å². The zero-order valence-corrected chi connectivity index (χ0v) is 17.8. The molecule has 0 atom stereocenters. The van der Waals surface area contributed by atoms with Crippen LogP contribution in [-0.4, -0.2) is 31.9 Å². The van der Waals surface area contributed by atoms with Crippen LogP contribution in [0, 0.1) is 6.92 Å². The van der Waals surface area contributed by atoms with E-state index in [1.54, 1.807) is 31.2 Å². The van der Waals surface area contributed by atoms with E-state index in [4.69, 9.17) is 4.74 Å². The molecule has 0 aliphatic carbocycles. The summed E-state index contributed by atoms with van der Waals surface area (Å²) in [6, 6.07) is 12.6. The molecule has 0 radical (unpaired) electrons. The number of sulfonamides is 1. The molecule has 0 bridgehead atoms. The number of thiazole rings is 1. The number of hydrogen-bond donors (Lipinski definition) is 2. The lowest BCUT2D eigenvalue weighted by Gasteiger charge is -2.12. The van der Waals surface area contributed by atoms with Gasteiger partial charge >= 0.3 is 5.97 Å². The van der Waals surface area contributed by atoms with Crippen LogP contribution < -0.4 is 10.0 Å². The molecule has 0 spiro atoms. The Kier molecular flexibility index (Phi) is 6.48. The van der Waals surface area contributed by atoms with Gasteiger partial charge in [0.25, 0.3) is 15.9 Å². The summed E-state index contributed by atoms with van der Waals surface area (Å²) in [5.41, 5.74) is 1.25. The van der Waals surface area contributed by atoms with Crippen molar-refractivity contribution in [2.45, 2.75) is 18.7 Å². The molecule has 8 nitrogen and oxygen atoms in total. The van der Waals surface area contributed by atoms with Crippen LogP contribution >= 0.6 is 11.3 Å². The lowest BCUT2D eigenvalue weighted by molar-refractivity contribution is 0.0520.